The summed E-state index contributed by atoms with van der Waals surface area (Å²) in [5, 5.41) is 1.67. The first-order chi connectivity index (χ1) is 26.1. The summed E-state index contributed by atoms with van der Waals surface area (Å²) in [7, 11) is 3.25. The van der Waals surface area contributed by atoms with Crippen molar-refractivity contribution in [3.63, 3.8) is 0 Å². The van der Waals surface area contributed by atoms with Crippen LogP contribution in [0.1, 0.15) is 27.8 Å². The molecule has 0 radical (unpaired) electrons. The highest BCUT2D eigenvalue weighted by molar-refractivity contribution is 6.42. The highest BCUT2D eigenvalue weighted by atomic mass is 35.5. The molecule has 0 saturated heterocycles. The molecule has 10 heteroatoms. The summed E-state index contributed by atoms with van der Waals surface area (Å²) in [5.41, 5.74) is 4.62. The Hall–Kier alpha value is -4.79. The average Bonchev–Trinajstić information content (AvgIpc) is 3.18. The molecule has 6 aromatic rings. The van der Waals surface area contributed by atoms with Crippen LogP contribution in [0.2, 0.25) is 20.1 Å². The topological polar surface area (TPSA) is 73.1 Å². The summed E-state index contributed by atoms with van der Waals surface area (Å²) < 4.78 is 23.7. The van der Waals surface area contributed by atoms with E-state index in [1.54, 1.807) is 74.9 Å². The van der Waals surface area contributed by atoms with Gasteiger partial charge in [0.05, 0.1) is 67.0 Å². The second kappa shape index (κ2) is 16.3. The van der Waals surface area contributed by atoms with E-state index in [0.717, 1.165) is 22.3 Å². The molecule has 270 valence electrons. The zero-order chi connectivity index (χ0) is 37.9. The quantitative estimate of drug-likeness (QED) is 0.129. The summed E-state index contributed by atoms with van der Waals surface area (Å²) in [6.45, 7) is 0.713. The van der Waals surface area contributed by atoms with Crippen LogP contribution >= 0.6 is 46.4 Å². The first-order valence-electron chi connectivity index (χ1n) is 16.8. The minimum Gasteiger partial charge on any atom is -0.457 e. The molecule has 7 rings (SSSR count). The van der Waals surface area contributed by atoms with Gasteiger partial charge in [0, 0.05) is 31.3 Å². The van der Waals surface area contributed by atoms with Gasteiger partial charge in [-0.05, 0) is 77.4 Å². The molecule has 0 fully saturated rings. The molecule has 6 nitrogen and oxygen atoms in total. The fourth-order valence-corrected chi connectivity index (χ4v) is 6.92. The largest absolute Gasteiger partial charge is 0.457 e. The fraction of sp³-hybridized carbons (Fsp3) is 0.114. The van der Waals surface area contributed by atoms with Gasteiger partial charge >= 0.3 is 11.5 Å². The van der Waals surface area contributed by atoms with E-state index in [1.165, 1.54) is 0 Å². The molecule has 1 aliphatic heterocycles. The van der Waals surface area contributed by atoms with Crippen LogP contribution in [0.4, 0.5) is 0 Å². The standard InChI is InChI=1S/C44H31Cl4O6/c1-51-23-29-7-3-5-9-31(29)41-19-25(17-39(53-41)27-11-13-35(45)37(47)21-27)15-33-43(49)34(44(33)50)16-26-18-40(28-12-14-36(46)38(48)22-28)54-42(20-26)32-10-6-4-8-30(32)24-52-2/h3-22,25H,23-24H2,1-2H3/q+1. The molecule has 5 aromatic carbocycles. The van der Waals surface area contributed by atoms with Gasteiger partial charge in [0.1, 0.15) is 11.5 Å². The molecule has 0 N–H and O–H groups in total. The minimum atomic E-state index is -0.473. The molecule has 0 amide bonds. The predicted octanol–water partition coefficient (Wildman–Crippen LogP) is 9.73. The van der Waals surface area contributed by atoms with Gasteiger partial charge in [-0.3, -0.25) is 9.59 Å². The van der Waals surface area contributed by atoms with Gasteiger partial charge in [-0.1, -0.05) is 94.9 Å². The van der Waals surface area contributed by atoms with Crippen molar-refractivity contribution in [3.8, 4) is 22.6 Å². The van der Waals surface area contributed by atoms with Crippen LogP contribution in [-0.2, 0) is 27.4 Å². The SMILES string of the molecule is COCc1ccccc1C1=CC(C=c2c(=O)c(=Cc3cc(-c4ccc(Cl)c(Cl)c4)[o+]c(-c4ccccc4COC)c3)c2=O)C=C(c2ccc(Cl)c(Cl)c2)O1. The van der Waals surface area contributed by atoms with E-state index < -0.39 is 5.92 Å². The highest BCUT2D eigenvalue weighted by Gasteiger charge is 2.24. The minimum absolute atomic E-state index is 0.0547. The lowest BCUT2D eigenvalue weighted by atomic mass is 9.96. The Bertz CT molecular complexity index is 2640. The van der Waals surface area contributed by atoms with E-state index in [4.69, 9.17) is 65.0 Å². The summed E-state index contributed by atoms with van der Waals surface area (Å²) >= 11 is 25.2. The maximum absolute atomic E-state index is 13.8. The third-order valence-corrected chi connectivity index (χ3v) is 10.4. The van der Waals surface area contributed by atoms with E-state index in [-0.39, 0.29) is 21.3 Å². The highest BCUT2D eigenvalue weighted by Crippen LogP contribution is 2.37. The van der Waals surface area contributed by atoms with Crippen molar-refractivity contribution in [2.24, 2.45) is 5.92 Å². The molecule has 54 heavy (non-hydrogen) atoms. The van der Waals surface area contributed by atoms with E-state index >= 15 is 0 Å². The summed E-state index contributed by atoms with van der Waals surface area (Å²) in [6.07, 6.45) is 6.96. The molecule has 1 unspecified atom stereocenters. The Morgan fingerprint density at radius 3 is 1.83 bits per heavy atom. The number of ether oxygens (including phenoxy) is 3. The zero-order valence-electron chi connectivity index (χ0n) is 29.0. The third-order valence-electron chi connectivity index (χ3n) is 8.95. The van der Waals surface area contributed by atoms with Crippen molar-refractivity contribution in [2.45, 2.75) is 13.2 Å². The van der Waals surface area contributed by atoms with Crippen molar-refractivity contribution in [2.75, 3.05) is 14.2 Å². The third kappa shape index (κ3) is 7.87. The molecule has 0 bridgehead atoms. The molecule has 0 saturated carbocycles. The first kappa shape index (κ1) is 37.5. The van der Waals surface area contributed by atoms with Gasteiger partial charge in [0.15, 0.2) is 0 Å². The molecule has 1 aromatic heterocycles. The van der Waals surface area contributed by atoms with E-state index in [2.05, 4.69) is 0 Å². The second-order valence-corrected chi connectivity index (χ2v) is 14.2. The number of halogens is 4. The number of methoxy groups -OCH3 is 2. The van der Waals surface area contributed by atoms with Crippen LogP contribution in [0.5, 0.6) is 0 Å². The van der Waals surface area contributed by atoms with E-state index in [9.17, 15) is 9.59 Å². The van der Waals surface area contributed by atoms with Crippen LogP contribution in [0.3, 0.4) is 0 Å². The molecular formula is C44H31Cl4O6+. The van der Waals surface area contributed by atoms with Crippen molar-refractivity contribution in [1.29, 1.82) is 0 Å². The number of benzene rings is 4. The van der Waals surface area contributed by atoms with Gasteiger partial charge in [-0.15, -0.1) is 0 Å². The van der Waals surface area contributed by atoms with Crippen LogP contribution < -0.4 is 21.3 Å². The predicted molar refractivity (Wildman–Crippen MR) is 218 cm³/mol. The molecule has 1 atom stereocenters. The Balaban J connectivity index is 1.34. The maximum Gasteiger partial charge on any atom is 0.361 e. The number of allylic oxidation sites excluding steroid dienone is 2. The Kier molecular flexibility index (Phi) is 11.3. The van der Waals surface area contributed by atoms with Gasteiger partial charge in [-0.2, -0.15) is 0 Å². The smallest absolute Gasteiger partial charge is 0.361 e. The van der Waals surface area contributed by atoms with Gasteiger partial charge in [-0.25, -0.2) is 4.42 Å². The summed E-state index contributed by atoms with van der Waals surface area (Å²) in [4.78, 5) is 27.5. The Morgan fingerprint density at radius 2 is 1.19 bits per heavy atom. The van der Waals surface area contributed by atoms with Gasteiger partial charge in [0.2, 0.25) is 10.9 Å². The summed E-state index contributed by atoms with van der Waals surface area (Å²) in [6, 6.07) is 29.3. The summed E-state index contributed by atoms with van der Waals surface area (Å²) in [5.74, 6) is 1.56. The molecule has 2 heterocycles. The van der Waals surface area contributed by atoms with Crippen molar-refractivity contribution in [3.05, 3.63) is 188 Å². The van der Waals surface area contributed by atoms with Crippen molar-refractivity contribution < 1.29 is 18.6 Å². The molecule has 1 aliphatic rings. The molecular weight excluding hydrogens is 766 g/mol. The molecule has 0 spiro atoms. The van der Waals surface area contributed by atoms with Crippen molar-refractivity contribution >= 4 is 70.1 Å². The second-order valence-electron chi connectivity index (χ2n) is 12.6. The number of hydrogen-bond acceptors (Lipinski definition) is 5. The Labute approximate surface area is 331 Å². The zero-order valence-corrected chi connectivity index (χ0v) is 32.0. The first-order valence-corrected chi connectivity index (χ1v) is 18.3. The van der Waals surface area contributed by atoms with E-state index in [0.29, 0.717) is 73.0 Å². The van der Waals surface area contributed by atoms with Gasteiger partial charge < -0.3 is 14.2 Å². The lowest BCUT2D eigenvalue weighted by molar-refractivity contribution is 0.184. The molecule has 0 aliphatic carbocycles. The number of rotatable bonds is 10. The normalized spacial score (nSPS) is 14.0. The van der Waals surface area contributed by atoms with Crippen LogP contribution in [0.15, 0.2) is 123 Å². The van der Waals surface area contributed by atoms with Crippen LogP contribution in [0.25, 0.3) is 46.3 Å². The lowest BCUT2D eigenvalue weighted by Crippen LogP contribution is -2.64. The average molecular weight is 798 g/mol. The lowest BCUT2D eigenvalue weighted by Gasteiger charge is -2.22. The Morgan fingerprint density at radius 1 is 0.630 bits per heavy atom. The van der Waals surface area contributed by atoms with Gasteiger partial charge in [0.25, 0.3) is 0 Å². The monoisotopic (exact) mass is 795 g/mol. The fourth-order valence-electron chi connectivity index (χ4n) is 6.32. The van der Waals surface area contributed by atoms with Crippen molar-refractivity contribution in [1.82, 2.24) is 0 Å². The van der Waals surface area contributed by atoms with Crippen LogP contribution in [0, 0.1) is 5.92 Å². The van der Waals surface area contributed by atoms with E-state index in [1.807, 2.05) is 60.7 Å². The maximum atomic E-state index is 13.8. The van der Waals surface area contributed by atoms with Crippen LogP contribution in [-0.4, -0.2) is 14.2 Å². The number of hydrogen-bond donors (Lipinski definition) is 0.